The Morgan fingerprint density at radius 2 is 1.05 bits per heavy atom. The monoisotopic (exact) mass is 536 g/mol. The van der Waals surface area contributed by atoms with Crippen LogP contribution in [0.5, 0.6) is 11.5 Å². The average Bonchev–Trinajstić information content (AvgIpc) is 3.44. The Bertz CT molecular complexity index is 2320. The molecule has 1 aromatic heterocycles. The molecule has 1 aliphatic rings. The van der Waals surface area contributed by atoms with Gasteiger partial charge in [-0.2, -0.15) is 0 Å². The van der Waals surface area contributed by atoms with Crippen molar-refractivity contribution in [1.29, 1.82) is 0 Å². The van der Waals surface area contributed by atoms with Crippen LogP contribution in [0.25, 0.3) is 77.2 Å². The van der Waals surface area contributed by atoms with Crippen LogP contribution < -0.4 is 4.74 Å². The molecule has 0 radical (unpaired) electrons. The van der Waals surface area contributed by atoms with Gasteiger partial charge in [0, 0.05) is 27.3 Å². The number of benzene rings is 7. The summed E-state index contributed by atoms with van der Waals surface area (Å²) in [6, 6.07) is 51.4. The standard InChI is InChI=1S/C40H24O2/c1-2-15-36-32(11-1)34-14-6-12-31(40(34)42-36)26-19-17-25(18-20-26)28-9-3-10-29(23-28)30-21-22-37-35(24-30)33-13-4-7-27-8-5-16-38(41-37)39(27)33/h1-24H. The molecule has 0 atom stereocenters. The van der Waals surface area contributed by atoms with E-state index in [0.717, 1.165) is 50.1 Å². The number of para-hydroxylation sites is 2. The van der Waals surface area contributed by atoms with Gasteiger partial charge in [0.2, 0.25) is 0 Å². The molecule has 0 amide bonds. The molecule has 2 heteroatoms. The van der Waals surface area contributed by atoms with Crippen molar-refractivity contribution in [2.24, 2.45) is 0 Å². The predicted octanol–water partition coefficient (Wildman–Crippen LogP) is 11.5. The maximum absolute atomic E-state index is 6.32. The van der Waals surface area contributed by atoms with E-state index < -0.39 is 0 Å². The first-order chi connectivity index (χ1) is 20.8. The third-order valence-electron chi connectivity index (χ3n) is 8.49. The van der Waals surface area contributed by atoms with Crippen LogP contribution >= 0.6 is 0 Å². The van der Waals surface area contributed by atoms with Gasteiger partial charge in [-0.3, -0.25) is 0 Å². The van der Waals surface area contributed by atoms with Gasteiger partial charge in [-0.15, -0.1) is 0 Å². The molecule has 1 aliphatic heterocycles. The van der Waals surface area contributed by atoms with Crippen molar-refractivity contribution in [2.45, 2.75) is 0 Å². The summed E-state index contributed by atoms with van der Waals surface area (Å²) in [4.78, 5) is 0. The second kappa shape index (κ2) is 8.95. The van der Waals surface area contributed by atoms with Gasteiger partial charge in [0.25, 0.3) is 0 Å². The zero-order valence-corrected chi connectivity index (χ0v) is 22.7. The number of rotatable bonds is 3. The van der Waals surface area contributed by atoms with Gasteiger partial charge in [0.05, 0.1) is 0 Å². The minimum atomic E-state index is 0.899. The number of fused-ring (bicyclic) bond motifs is 5. The quantitative estimate of drug-likeness (QED) is 0.224. The van der Waals surface area contributed by atoms with Gasteiger partial charge >= 0.3 is 0 Å². The second-order valence-corrected chi connectivity index (χ2v) is 10.9. The van der Waals surface area contributed by atoms with Crippen LogP contribution in [0.1, 0.15) is 0 Å². The zero-order chi connectivity index (χ0) is 27.6. The normalized spacial score (nSPS) is 12.0. The Morgan fingerprint density at radius 3 is 1.95 bits per heavy atom. The van der Waals surface area contributed by atoms with E-state index in [4.69, 9.17) is 9.15 Å². The fraction of sp³-hybridized carbons (Fsp3) is 0. The minimum Gasteiger partial charge on any atom is -0.456 e. The molecule has 0 spiro atoms. The van der Waals surface area contributed by atoms with Crippen LogP contribution in [0, 0.1) is 0 Å². The molecular formula is C40H24O2. The highest BCUT2D eigenvalue weighted by Gasteiger charge is 2.20. The van der Waals surface area contributed by atoms with Crippen molar-refractivity contribution in [1.82, 2.24) is 0 Å². The summed E-state index contributed by atoms with van der Waals surface area (Å²) in [6.45, 7) is 0. The van der Waals surface area contributed by atoms with Crippen LogP contribution in [0.3, 0.4) is 0 Å². The summed E-state index contributed by atoms with van der Waals surface area (Å²) >= 11 is 0. The highest BCUT2D eigenvalue weighted by atomic mass is 16.5. The molecular weight excluding hydrogens is 512 g/mol. The fourth-order valence-corrected chi connectivity index (χ4v) is 6.44. The SMILES string of the molecule is c1cc(-c2ccc(-c3cccc4c3oc3ccccc34)cc2)cc(-c2ccc3c(c2)-c2cccc4cccc(c24)O3)c1. The smallest absolute Gasteiger partial charge is 0.143 e. The maximum Gasteiger partial charge on any atom is 0.143 e. The summed E-state index contributed by atoms with van der Waals surface area (Å²) in [5, 5.41) is 4.67. The molecule has 0 bridgehead atoms. The van der Waals surface area contributed by atoms with E-state index in [-0.39, 0.29) is 0 Å². The van der Waals surface area contributed by atoms with Gasteiger partial charge in [-0.25, -0.2) is 0 Å². The molecule has 0 saturated carbocycles. The third kappa shape index (κ3) is 3.52. The Hall–Kier alpha value is -5.60. The van der Waals surface area contributed by atoms with Crippen LogP contribution in [0.2, 0.25) is 0 Å². The first-order valence-corrected chi connectivity index (χ1v) is 14.3. The molecule has 9 rings (SSSR count). The van der Waals surface area contributed by atoms with E-state index in [0.29, 0.717) is 0 Å². The number of ether oxygens (including phenoxy) is 1. The van der Waals surface area contributed by atoms with Crippen molar-refractivity contribution in [3.63, 3.8) is 0 Å². The molecule has 8 aromatic rings. The minimum absolute atomic E-state index is 0.899. The molecule has 0 fully saturated rings. The molecule has 2 heterocycles. The Labute approximate surface area is 243 Å². The Balaban J connectivity index is 1.08. The largest absolute Gasteiger partial charge is 0.456 e. The second-order valence-electron chi connectivity index (χ2n) is 10.9. The van der Waals surface area contributed by atoms with E-state index in [1.807, 2.05) is 12.1 Å². The first kappa shape index (κ1) is 23.1. The number of hydrogen-bond acceptors (Lipinski definition) is 2. The van der Waals surface area contributed by atoms with Crippen LogP contribution in [-0.4, -0.2) is 0 Å². The van der Waals surface area contributed by atoms with Crippen LogP contribution in [-0.2, 0) is 0 Å². The van der Waals surface area contributed by atoms with E-state index in [1.54, 1.807) is 0 Å². The predicted molar refractivity (Wildman–Crippen MR) is 173 cm³/mol. The molecule has 2 nitrogen and oxygen atoms in total. The maximum atomic E-state index is 6.32. The Morgan fingerprint density at radius 1 is 0.381 bits per heavy atom. The fourth-order valence-electron chi connectivity index (χ4n) is 6.44. The van der Waals surface area contributed by atoms with Gasteiger partial charge in [0.1, 0.15) is 22.7 Å². The van der Waals surface area contributed by atoms with E-state index >= 15 is 0 Å². The highest BCUT2D eigenvalue weighted by molar-refractivity contribution is 6.09. The summed E-state index contributed by atoms with van der Waals surface area (Å²) in [7, 11) is 0. The zero-order valence-electron chi connectivity index (χ0n) is 22.7. The van der Waals surface area contributed by atoms with Crippen molar-refractivity contribution in [3.8, 4) is 56.0 Å². The highest BCUT2D eigenvalue weighted by Crippen LogP contribution is 2.47. The summed E-state index contributed by atoms with van der Waals surface area (Å²) in [6.07, 6.45) is 0. The molecule has 0 unspecified atom stereocenters. The molecule has 0 saturated heterocycles. The lowest BCUT2D eigenvalue weighted by atomic mass is 9.91. The first-order valence-electron chi connectivity index (χ1n) is 14.3. The molecule has 42 heavy (non-hydrogen) atoms. The summed E-state index contributed by atoms with van der Waals surface area (Å²) < 4.78 is 12.6. The number of hydrogen-bond donors (Lipinski definition) is 0. The molecule has 0 aliphatic carbocycles. The lowest BCUT2D eigenvalue weighted by Gasteiger charge is -2.22. The lowest BCUT2D eigenvalue weighted by molar-refractivity contribution is 0.487. The molecule has 196 valence electrons. The van der Waals surface area contributed by atoms with Gasteiger partial charge in [0.15, 0.2) is 0 Å². The van der Waals surface area contributed by atoms with Crippen molar-refractivity contribution < 1.29 is 9.15 Å². The van der Waals surface area contributed by atoms with Crippen molar-refractivity contribution in [2.75, 3.05) is 0 Å². The average molecular weight is 537 g/mol. The van der Waals surface area contributed by atoms with Gasteiger partial charge in [-0.05, 0) is 69.1 Å². The van der Waals surface area contributed by atoms with Gasteiger partial charge < -0.3 is 9.15 Å². The lowest BCUT2D eigenvalue weighted by Crippen LogP contribution is -1.97. The van der Waals surface area contributed by atoms with E-state index in [9.17, 15) is 0 Å². The van der Waals surface area contributed by atoms with Gasteiger partial charge in [-0.1, -0.05) is 115 Å². The summed E-state index contributed by atoms with van der Waals surface area (Å²) in [5.41, 5.74) is 11.2. The van der Waals surface area contributed by atoms with Crippen molar-refractivity contribution in [3.05, 3.63) is 146 Å². The van der Waals surface area contributed by atoms with Crippen molar-refractivity contribution >= 4 is 32.7 Å². The summed E-state index contributed by atoms with van der Waals surface area (Å²) in [5.74, 6) is 1.82. The van der Waals surface area contributed by atoms with E-state index in [2.05, 4.69) is 133 Å². The van der Waals surface area contributed by atoms with Crippen LogP contribution in [0.4, 0.5) is 0 Å². The van der Waals surface area contributed by atoms with Crippen LogP contribution in [0.15, 0.2) is 150 Å². The van der Waals surface area contributed by atoms with E-state index in [1.165, 1.54) is 38.6 Å². The molecule has 0 N–H and O–H groups in total. The molecule has 7 aromatic carbocycles. The topological polar surface area (TPSA) is 22.4 Å². The Kier molecular flexibility index (Phi) is 4.93. The third-order valence-corrected chi connectivity index (χ3v) is 8.49. The number of furan rings is 1.